The largest absolute Gasteiger partial charge is 0.481 e. The van der Waals surface area contributed by atoms with Gasteiger partial charge < -0.3 is 19.3 Å². The molecular weight excluding hydrogens is 448 g/mol. The molecule has 7 nitrogen and oxygen atoms in total. The van der Waals surface area contributed by atoms with E-state index in [1.807, 2.05) is 6.92 Å². The summed E-state index contributed by atoms with van der Waals surface area (Å²) in [7, 11) is 0. The molecule has 0 aromatic heterocycles. The number of fused-ring (bicyclic) bond motifs is 2. The molecule has 0 amide bonds. The van der Waals surface area contributed by atoms with E-state index in [0.29, 0.717) is 22.3 Å². The molecule has 4 saturated heterocycles. The van der Waals surface area contributed by atoms with Crippen molar-refractivity contribution >= 4 is 17.6 Å². The third kappa shape index (κ3) is 3.50. The van der Waals surface area contributed by atoms with Gasteiger partial charge in [0.25, 0.3) is 0 Å². The number of halogens is 1. The Balaban J connectivity index is 1.44. The third-order valence-electron chi connectivity index (χ3n) is 8.53. The molecular formula is C25H33ClO7. The van der Waals surface area contributed by atoms with Crippen molar-refractivity contribution in [3.8, 4) is 5.75 Å². The van der Waals surface area contributed by atoms with Crippen LogP contribution in [0.2, 0.25) is 5.02 Å². The summed E-state index contributed by atoms with van der Waals surface area (Å²) in [5, 5.41) is 9.88. The maximum absolute atomic E-state index is 11.6. The quantitative estimate of drug-likeness (QED) is 0.586. The van der Waals surface area contributed by atoms with Crippen molar-refractivity contribution in [3.63, 3.8) is 0 Å². The summed E-state index contributed by atoms with van der Waals surface area (Å²) in [6.45, 7) is 9.59. The van der Waals surface area contributed by atoms with Gasteiger partial charge in [-0.05, 0) is 69.6 Å². The van der Waals surface area contributed by atoms with Crippen molar-refractivity contribution in [3.05, 3.63) is 28.8 Å². The van der Waals surface area contributed by atoms with Crippen LogP contribution in [0.1, 0.15) is 65.9 Å². The van der Waals surface area contributed by atoms with Crippen molar-refractivity contribution in [1.82, 2.24) is 0 Å². The summed E-state index contributed by atoms with van der Waals surface area (Å²) in [5.41, 5.74) is -1.10. The second kappa shape index (κ2) is 7.82. The second-order valence-corrected chi connectivity index (χ2v) is 11.4. The van der Waals surface area contributed by atoms with Gasteiger partial charge in [-0.1, -0.05) is 31.5 Å². The molecule has 0 radical (unpaired) electrons. The van der Waals surface area contributed by atoms with Gasteiger partial charge in [-0.3, -0.25) is 4.79 Å². The number of carboxylic acids is 1. The number of carboxylic acid groups (broad SMARTS) is 1. The lowest BCUT2D eigenvalue weighted by molar-refractivity contribution is -0.575. The lowest BCUT2D eigenvalue weighted by atomic mass is 9.58. The molecule has 33 heavy (non-hydrogen) atoms. The number of hydrogen-bond donors (Lipinski definition) is 1. The zero-order valence-corrected chi connectivity index (χ0v) is 20.6. The molecule has 4 heterocycles. The molecule has 2 bridgehead atoms. The Morgan fingerprint density at radius 1 is 1.18 bits per heavy atom. The normalized spacial score (nSPS) is 42.4. The molecule has 4 aliphatic heterocycles. The van der Waals surface area contributed by atoms with Crippen molar-refractivity contribution in [2.24, 2.45) is 23.7 Å². The van der Waals surface area contributed by atoms with E-state index in [-0.39, 0.29) is 17.8 Å². The Morgan fingerprint density at radius 3 is 2.64 bits per heavy atom. The number of carbonyl (C=O) groups is 1. The molecule has 182 valence electrons. The molecule has 0 unspecified atom stereocenters. The molecule has 5 aliphatic rings. The highest BCUT2D eigenvalue weighted by Gasteiger charge is 2.69. The van der Waals surface area contributed by atoms with Crippen LogP contribution in [-0.4, -0.2) is 35.0 Å². The maximum Gasteiger partial charge on any atom is 0.313 e. The topological polar surface area (TPSA) is 83.5 Å². The van der Waals surface area contributed by atoms with E-state index in [1.54, 1.807) is 32.0 Å². The molecule has 1 N–H and O–H groups in total. The predicted molar refractivity (Wildman–Crippen MR) is 120 cm³/mol. The lowest BCUT2D eigenvalue weighted by Crippen LogP contribution is -2.70. The summed E-state index contributed by atoms with van der Waals surface area (Å²) >= 11 is 6.53. The van der Waals surface area contributed by atoms with E-state index < -0.39 is 35.4 Å². The van der Waals surface area contributed by atoms with Gasteiger partial charge in [-0.2, -0.15) is 0 Å². The standard InChI is InChI=1S/C25H33ClO7/c1-13-6-8-17-14(2)20(29-19-9-7-15(12-18(19)26)23(3,4)21(27)28)30-22-25(17)16(13)10-11-24(5,31-22)32-33-25/h7,9,12-14,16-17,20,22H,6,8,10-11H2,1-5H3,(H,27,28)/t13-,14-,16+,17+,20+,22-,24-,25-/m1/s1. The van der Waals surface area contributed by atoms with Gasteiger partial charge in [0.1, 0.15) is 5.75 Å². The minimum atomic E-state index is -1.06. The monoisotopic (exact) mass is 480 g/mol. The molecule has 6 rings (SSSR count). The highest BCUT2D eigenvalue weighted by atomic mass is 35.5. The number of ether oxygens (including phenoxy) is 3. The Labute approximate surface area is 199 Å². The summed E-state index contributed by atoms with van der Waals surface area (Å²) < 4.78 is 19.1. The van der Waals surface area contributed by atoms with Crippen LogP contribution in [-0.2, 0) is 29.5 Å². The number of aliphatic carboxylic acids is 1. The van der Waals surface area contributed by atoms with E-state index in [0.717, 1.165) is 25.7 Å². The summed E-state index contributed by atoms with van der Waals surface area (Å²) in [5.74, 6) is -0.369. The fourth-order valence-electron chi connectivity index (χ4n) is 6.24. The van der Waals surface area contributed by atoms with Crippen LogP contribution < -0.4 is 4.74 Å². The summed E-state index contributed by atoms with van der Waals surface area (Å²) in [4.78, 5) is 23.6. The van der Waals surface area contributed by atoms with Crippen LogP contribution in [0.15, 0.2) is 18.2 Å². The van der Waals surface area contributed by atoms with Crippen LogP contribution in [0.25, 0.3) is 0 Å². The van der Waals surface area contributed by atoms with Crippen molar-refractivity contribution in [2.45, 2.75) is 89.7 Å². The minimum Gasteiger partial charge on any atom is -0.481 e. The van der Waals surface area contributed by atoms with Gasteiger partial charge in [0.05, 0.1) is 10.4 Å². The van der Waals surface area contributed by atoms with Gasteiger partial charge in [0.2, 0.25) is 12.1 Å². The Bertz CT molecular complexity index is 951. The first kappa shape index (κ1) is 23.4. The minimum absolute atomic E-state index is 0.0112. The van der Waals surface area contributed by atoms with E-state index in [9.17, 15) is 9.90 Å². The van der Waals surface area contributed by atoms with Crippen molar-refractivity contribution < 1.29 is 33.9 Å². The molecule has 1 aromatic rings. The average molecular weight is 481 g/mol. The lowest BCUT2D eigenvalue weighted by Gasteiger charge is -2.60. The van der Waals surface area contributed by atoms with Crippen LogP contribution in [0.4, 0.5) is 0 Å². The first-order chi connectivity index (χ1) is 15.5. The number of rotatable bonds is 4. The first-order valence-electron chi connectivity index (χ1n) is 11.9. The number of hydrogen-bond acceptors (Lipinski definition) is 6. The van der Waals surface area contributed by atoms with Gasteiger partial charge in [0, 0.05) is 18.3 Å². The Kier molecular flexibility index (Phi) is 5.54. The summed E-state index contributed by atoms with van der Waals surface area (Å²) in [6.07, 6.45) is 2.63. The highest BCUT2D eigenvalue weighted by Crippen LogP contribution is 2.60. The van der Waals surface area contributed by atoms with E-state index >= 15 is 0 Å². The van der Waals surface area contributed by atoms with Crippen molar-refractivity contribution in [1.29, 1.82) is 0 Å². The van der Waals surface area contributed by atoms with Gasteiger partial charge in [0.15, 0.2) is 11.9 Å². The van der Waals surface area contributed by atoms with Crippen LogP contribution in [0.3, 0.4) is 0 Å². The van der Waals surface area contributed by atoms with E-state index in [1.165, 1.54) is 0 Å². The smallest absolute Gasteiger partial charge is 0.313 e. The molecule has 1 spiro atoms. The van der Waals surface area contributed by atoms with Crippen LogP contribution >= 0.6 is 11.6 Å². The second-order valence-electron chi connectivity index (χ2n) is 11.0. The molecule has 1 aliphatic carbocycles. The van der Waals surface area contributed by atoms with Gasteiger partial charge >= 0.3 is 5.97 Å². The molecule has 1 saturated carbocycles. The van der Waals surface area contributed by atoms with E-state index in [2.05, 4.69) is 13.8 Å². The zero-order chi connectivity index (χ0) is 23.8. The molecule has 5 fully saturated rings. The maximum atomic E-state index is 11.6. The average Bonchev–Trinajstić information content (AvgIpc) is 2.99. The van der Waals surface area contributed by atoms with Crippen LogP contribution in [0.5, 0.6) is 5.75 Å². The molecule has 1 aromatic carbocycles. The highest BCUT2D eigenvalue weighted by molar-refractivity contribution is 6.32. The SMILES string of the molecule is C[C@H]1[C@@H](Oc2ccc(C(C)(C)C(=O)O)cc2Cl)O[C@@H]2O[C@@]3(C)CC[C@H]4[C@H](C)CC[C@@H]1[C@@]24OO3. The Morgan fingerprint density at radius 2 is 1.94 bits per heavy atom. The molecule has 8 heteroatoms. The van der Waals surface area contributed by atoms with Crippen LogP contribution in [0, 0.1) is 23.7 Å². The van der Waals surface area contributed by atoms with Gasteiger partial charge in [-0.25, -0.2) is 9.78 Å². The zero-order valence-electron chi connectivity index (χ0n) is 19.8. The molecule has 8 atom stereocenters. The predicted octanol–water partition coefficient (Wildman–Crippen LogP) is 5.29. The fraction of sp³-hybridized carbons (Fsp3) is 0.720. The van der Waals surface area contributed by atoms with Crippen molar-refractivity contribution in [2.75, 3.05) is 0 Å². The third-order valence-corrected chi connectivity index (χ3v) is 8.82. The number of benzene rings is 1. The van der Waals surface area contributed by atoms with E-state index in [4.69, 9.17) is 35.6 Å². The Hall–Kier alpha value is -1.38. The summed E-state index contributed by atoms with van der Waals surface area (Å²) in [6, 6.07) is 5.11. The van der Waals surface area contributed by atoms with Gasteiger partial charge in [-0.15, -0.1) is 0 Å². The fourth-order valence-corrected chi connectivity index (χ4v) is 6.47. The first-order valence-corrected chi connectivity index (χ1v) is 12.3.